The molecule has 1 heterocycles. The van der Waals surface area contributed by atoms with Crippen LogP contribution in [0.5, 0.6) is 0 Å². The summed E-state index contributed by atoms with van der Waals surface area (Å²) in [5, 5.41) is 7.21. The summed E-state index contributed by atoms with van der Waals surface area (Å²) in [6.07, 6.45) is 0. The SMILES string of the molecule is c1ccc(N(c2ccc(-c3ccc4ccccc4c3)cc2)c2ccc(-c3cccc4cc5c(cc34)oc3ccccc35)cc2)cc1. The van der Waals surface area contributed by atoms with Gasteiger partial charge in [-0.25, -0.2) is 0 Å². The maximum atomic E-state index is 6.25. The van der Waals surface area contributed by atoms with E-state index in [4.69, 9.17) is 4.42 Å². The molecule has 0 aliphatic rings. The highest BCUT2D eigenvalue weighted by Gasteiger charge is 2.15. The number of para-hydroxylation sites is 2. The van der Waals surface area contributed by atoms with E-state index in [0.29, 0.717) is 0 Å². The van der Waals surface area contributed by atoms with E-state index in [9.17, 15) is 0 Å². The highest BCUT2D eigenvalue weighted by Crippen LogP contribution is 2.39. The topological polar surface area (TPSA) is 16.4 Å². The minimum atomic E-state index is 0.917. The molecule has 9 aromatic rings. The van der Waals surface area contributed by atoms with E-state index < -0.39 is 0 Å². The van der Waals surface area contributed by atoms with Crippen LogP contribution in [0, 0.1) is 0 Å². The van der Waals surface area contributed by atoms with Crippen LogP contribution in [0.2, 0.25) is 0 Å². The third-order valence-corrected chi connectivity index (χ3v) is 9.04. The molecule has 0 unspecified atom stereocenters. The normalized spacial score (nSPS) is 11.5. The lowest BCUT2D eigenvalue weighted by Crippen LogP contribution is -2.09. The third kappa shape index (κ3) is 4.51. The van der Waals surface area contributed by atoms with Crippen molar-refractivity contribution in [2.45, 2.75) is 0 Å². The molecule has 2 heteroatoms. The lowest BCUT2D eigenvalue weighted by atomic mass is 9.96. The van der Waals surface area contributed by atoms with Crippen LogP contribution in [0.25, 0.3) is 65.7 Å². The molecule has 0 atom stereocenters. The summed E-state index contributed by atoms with van der Waals surface area (Å²) in [6.45, 7) is 0. The second-order valence-corrected chi connectivity index (χ2v) is 11.8. The van der Waals surface area contributed by atoms with Crippen LogP contribution >= 0.6 is 0 Å². The second kappa shape index (κ2) is 10.8. The number of fused-ring (bicyclic) bond motifs is 5. The molecular weight excluding hydrogens is 558 g/mol. The molecule has 46 heavy (non-hydrogen) atoms. The molecule has 2 nitrogen and oxygen atoms in total. The first-order valence-electron chi connectivity index (χ1n) is 15.7. The number of hydrogen-bond donors (Lipinski definition) is 0. The summed E-state index contributed by atoms with van der Waals surface area (Å²) < 4.78 is 6.25. The molecule has 0 amide bonds. The van der Waals surface area contributed by atoms with Crippen LogP contribution in [0.4, 0.5) is 17.1 Å². The number of furan rings is 1. The Bertz CT molecular complexity index is 2510. The molecular formula is C44H29NO. The van der Waals surface area contributed by atoms with Crippen LogP contribution < -0.4 is 4.90 Å². The fraction of sp³-hybridized carbons (Fsp3) is 0. The number of anilines is 3. The van der Waals surface area contributed by atoms with Gasteiger partial charge in [-0.3, -0.25) is 0 Å². The monoisotopic (exact) mass is 587 g/mol. The van der Waals surface area contributed by atoms with Crippen molar-refractivity contribution >= 4 is 60.5 Å². The molecule has 0 aliphatic carbocycles. The zero-order valence-corrected chi connectivity index (χ0v) is 25.1. The zero-order valence-electron chi connectivity index (χ0n) is 25.1. The molecule has 0 aliphatic heterocycles. The smallest absolute Gasteiger partial charge is 0.136 e. The van der Waals surface area contributed by atoms with Crippen molar-refractivity contribution in [3.05, 3.63) is 176 Å². The van der Waals surface area contributed by atoms with Gasteiger partial charge in [0, 0.05) is 27.8 Å². The Hall–Kier alpha value is -6.12. The molecule has 0 saturated heterocycles. The predicted octanol–water partition coefficient (Wildman–Crippen LogP) is 12.7. The maximum Gasteiger partial charge on any atom is 0.136 e. The highest BCUT2D eigenvalue weighted by molar-refractivity contribution is 6.12. The molecule has 0 N–H and O–H groups in total. The second-order valence-electron chi connectivity index (χ2n) is 11.8. The quantitative estimate of drug-likeness (QED) is 0.199. The molecule has 0 bridgehead atoms. The summed E-state index contributed by atoms with van der Waals surface area (Å²) in [4.78, 5) is 2.31. The van der Waals surface area contributed by atoms with Gasteiger partial charge >= 0.3 is 0 Å². The summed E-state index contributed by atoms with van der Waals surface area (Å²) in [5.41, 5.74) is 9.95. The number of hydrogen-bond acceptors (Lipinski definition) is 2. The standard InChI is InChI=1S/C44H29NO/c1-2-12-36(13-3-1)45(37-23-19-31(20-24-37)34-18-17-30-9-4-5-10-33(30)27-34)38-25-21-32(22-26-38)39-15-8-11-35-28-42-40-14-6-7-16-43(40)46-44(42)29-41(35)39/h1-29H. The summed E-state index contributed by atoms with van der Waals surface area (Å²) in [7, 11) is 0. The molecule has 216 valence electrons. The van der Waals surface area contributed by atoms with E-state index in [1.54, 1.807) is 0 Å². The molecule has 0 spiro atoms. The lowest BCUT2D eigenvalue weighted by Gasteiger charge is -2.26. The van der Waals surface area contributed by atoms with Crippen molar-refractivity contribution < 1.29 is 4.42 Å². The number of nitrogens with zero attached hydrogens (tertiary/aromatic N) is 1. The first-order chi connectivity index (χ1) is 22.8. The van der Waals surface area contributed by atoms with Crippen LogP contribution in [-0.2, 0) is 0 Å². The first-order valence-corrected chi connectivity index (χ1v) is 15.7. The Balaban J connectivity index is 1.09. The van der Waals surface area contributed by atoms with Crippen molar-refractivity contribution in [3.8, 4) is 22.3 Å². The van der Waals surface area contributed by atoms with E-state index in [2.05, 4.69) is 169 Å². The molecule has 8 aromatic carbocycles. The van der Waals surface area contributed by atoms with Gasteiger partial charge in [-0.1, -0.05) is 115 Å². The van der Waals surface area contributed by atoms with Crippen LogP contribution in [0.3, 0.4) is 0 Å². The summed E-state index contributed by atoms with van der Waals surface area (Å²) in [6, 6.07) is 62.8. The van der Waals surface area contributed by atoms with Gasteiger partial charge < -0.3 is 9.32 Å². The average Bonchev–Trinajstić information content (AvgIpc) is 3.49. The fourth-order valence-corrected chi connectivity index (χ4v) is 6.73. The van der Waals surface area contributed by atoms with E-state index in [1.807, 2.05) is 12.1 Å². The third-order valence-electron chi connectivity index (χ3n) is 9.04. The first kappa shape index (κ1) is 26.3. The average molecular weight is 588 g/mol. The Labute approximate surface area is 267 Å². The molecule has 1 aromatic heterocycles. The van der Waals surface area contributed by atoms with E-state index in [-0.39, 0.29) is 0 Å². The Kier molecular flexibility index (Phi) is 6.17. The Morgan fingerprint density at radius 1 is 0.326 bits per heavy atom. The molecule has 9 rings (SSSR count). The van der Waals surface area contributed by atoms with Crippen molar-refractivity contribution in [1.82, 2.24) is 0 Å². The summed E-state index contributed by atoms with van der Waals surface area (Å²) in [5.74, 6) is 0. The minimum absolute atomic E-state index is 0.917. The van der Waals surface area contributed by atoms with Crippen molar-refractivity contribution in [1.29, 1.82) is 0 Å². The number of benzene rings is 8. The van der Waals surface area contributed by atoms with Crippen LogP contribution in [0.1, 0.15) is 0 Å². The van der Waals surface area contributed by atoms with Gasteiger partial charge in [-0.15, -0.1) is 0 Å². The summed E-state index contributed by atoms with van der Waals surface area (Å²) >= 11 is 0. The van der Waals surface area contributed by atoms with E-state index >= 15 is 0 Å². The fourth-order valence-electron chi connectivity index (χ4n) is 6.73. The van der Waals surface area contributed by atoms with Gasteiger partial charge in [0.2, 0.25) is 0 Å². The van der Waals surface area contributed by atoms with Gasteiger partial charge in [-0.2, -0.15) is 0 Å². The number of rotatable bonds is 5. The van der Waals surface area contributed by atoms with Gasteiger partial charge in [-0.05, 0) is 104 Å². The van der Waals surface area contributed by atoms with E-state index in [0.717, 1.165) is 39.0 Å². The van der Waals surface area contributed by atoms with Crippen molar-refractivity contribution in [3.63, 3.8) is 0 Å². The van der Waals surface area contributed by atoms with Gasteiger partial charge in [0.1, 0.15) is 11.2 Å². The van der Waals surface area contributed by atoms with Gasteiger partial charge in [0.15, 0.2) is 0 Å². The zero-order chi connectivity index (χ0) is 30.5. The molecule has 0 fully saturated rings. The Morgan fingerprint density at radius 2 is 0.957 bits per heavy atom. The van der Waals surface area contributed by atoms with Gasteiger partial charge in [0.05, 0.1) is 0 Å². The Morgan fingerprint density at radius 3 is 1.76 bits per heavy atom. The molecule has 0 saturated carbocycles. The predicted molar refractivity (Wildman–Crippen MR) is 194 cm³/mol. The highest BCUT2D eigenvalue weighted by atomic mass is 16.3. The lowest BCUT2D eigenvalue weighted by molar-refractivity contribution is 0.669. The van der Waals surface area contributed by atoms with Crippen molar-refractivity contribution in [2.24, 2.45) is 0 Å². The molecule has 0 radical (unpaired) electrons. The van der Waals surface area contributed by atoms with Gasteiger partial charge in [0.25, 0.3) is 0 Å². The maximum absolute atomic E-state index is 6.25. The minimum Gasteiger partial charge on any atom is -0.456 e. The van der Waals surface area contributed by atoms with Crippen LogP contribution in [-0.4, -0.2) is 0 Å². The van der Waals surface area contributed by atoms with Crippen LogP contribution in [0.15, 0.2) is 180 Å². The largest absolute Gasteiger partial charge is 0.456 e. The van der Waals surface area contributed by atoms with Crippen molar-refractivity contribution in [2.75, 3.05) is 4.90 Å². The van der Waals surface area contributed by atoms with E-state index in [1.165, 1.54) is 43.8 Å².